The highest BCUT2D eigenvalue weighted by atomic mass is 31.2. The molecule has 0 aliphatic carbocycles. The van der Waals surface area contributed by atoms with Crippen LogP contribution in [0.5, 0.6) is 0 Å². The molecule has 0 spiro atoms. The maximum absolute atomic E-state index is 12.6. The van der Waals surface area contributed by atoms with E-state index in [2.05, 4.69) is 79.1 Å². The summed E-state index contributed by atoms with van der Waals surface area (Å²) in [6, 6.07) is 0. The van der Waals surface area contributed by atoms with E-state index in [1.807, 2.05) is 0 Å². The molecular formula is C50H89O10P. The van der Waals surface area contributed by atoms with Crippen LogP contribution in [-0.4, -0.2) is 65.7 Å². The van der Waals surface area contributed by atoms with Crippen LogP contribution < -0.4 is 0 Å². The van der Waals surface area contributed by atoms with Gasteiger partial charge in [-0.15, -0.1) is 0 Å². The Labute approximate surface area is 372 Å². The number of rotatable bonds is 45. The Kier molecular flexibility index (Phi) is 43.9. The highest BCUT2D eigenvalue weighted by Gasteiger charge is 2.27. The fraction of sp³-hybridized carbons (Fsp3) is 0.760. The van der Waals surface area contributed by atoms with Gasteiger partial charge < -0.3 is 24.6 Å². The minimum atomic E-state index is -4.64. The third-order valence-corrected chi connectivity index (χ3v) is 11.1. The predicted octanol–water partition coefficient (Wildman–Crippen LogP) is 13.5. The molecule has 0 heterocycles. The molecule has 354 valence electrons. The zero-order valence-corrected chi connectivity index (χ0v) is 39.5. The quantitative estimate of drug-likeness (QED) is 0.0233. The highest BCUT2D eigenvalue weighted by Crippen LogP contribution is 2.43. The first-order valence-electron chi connectivity index (χ1n) is 24.2. The Morgan fingerprint density at radius 1 is 0.508 bits per heavy atom. The summed E-state index contributed by atoms with van der Waals surface area (Å²) in [7, 11) is -4.64. The van der Waals surface area contributed by atoms with E-state index in [1.165, 1.54) is 116 Å². The number of carbonyl (C=O) groups is 2. The summed E-state index contributed by atoms with van der Waals surface area (Å²) in [6.45, 7) is 2.20. The molecule has 1 unspecified atom stereocenters. The lowest BCUT2D eigenvalue weighted by Gasteiger charge is -2.20. The van der Waals surface area contributed by atoms with Crippen LogP contribution in [0, 0.1) is 0 Å². The first-order valence-corrected chi connectivity index (χ1v) is 25.7. The van der Waals surface area contributed by atoms with E-state index < -0.39 is 51.8 Å². The SMILES string of the molecule is CC/C=C/C/C=C/C/C=C/C/C=C/CCCCC(=O)O[C@@H](COC(=O)CCC/C=C/CCCCCCCCCCCCCCCCCCCC)COP(=O)(O)OC[C@H](O)CO. The Hall–Kier alpha value is -2.33. The summed E-state index contributed by atoms with van der Waals surface area (Å²) >= 11 is 0. The molecule has 0 bridgehead atoms. The molecule has 11 heteroatoms. The predicted molar refractivity (Wildman–Crippen MR) is 251 cm³/mol. The monoisotopic (exact) mass is 881 g/mol. The second-order valence-electron chi connectivity index (χ2n) is 16.1. The van der Waals surface area contributed by atoms with Crippen molar-refractivity contribution in [1.29, 1.82) is 0 Å². The van der Waals surface area contributed by atoms with Gasteiger partial charge in [-0.3, -0.25) is 18.6 Å². The maximum atomic E-state index is 12.6. The summed E-state index contributed by atoms with van der Waals surface area (Å²) in [4.78, 5) is 35.0. The number of hydrogen-bond acceptors (Lipinski definition) is 9. The molecule has 0 rings (SSSR count). The van der Waals surface area contributed by atoms with Crippen LogP contribution in [0.1, 0.15) is 206 Å². The number of hydrogen-bond donors (Lipinski definition) is 3. The number of esters is 2. The molecule has 0 aliphatic rings. The Morgan fingerprint density at radius 2 is 0.918 bits per heavy atom. The van der Waals surface area contributed by atoms with Crippen LogP contribution in [0.2, 0.25) is 0 Å². The smallest absolute Gasteiger partial charge is 0.462 e. The number of phosphoric acid groups is 1. The molecule has 3 N–H and O–H groups in total. The standard InChI is InChI=1S/C50H89O10P/c1-3-5-7-9-11-13-15-17-19-20-21-22-23-24-25-26-28-29-31-33-35-37-39-41-49(53)57-45-48(46-59-61(55,56)58-44-47(52)43-51)60-50(54)42-40-38-36-34-32-30-27-18-16-14-12-10-8-6-4-2/h6,8,12,14,18,27,32-35,47-48,51-52H,3-5,7,9-11,13,15-17,19-26,28-31,36-46H2,1-2H3,(H,55,56)/b8-6+,14-12+,27-18+,34-32+,35-33+/t47-,48+/m1/s1. The van der Waals surface area contributed by atoms with Crippen molar-refractivity contribution in [1.82, 2.24) is 0 Å². The van der Waals surface area contributed by atoms with Gasteiger partial charge in [0, 0.05) is 12.8 Å². The zero-order chi connectivity index (χ0) is 44.8. The zero-order valence-electron chi connectivity index (χ0n) is 38.6. The van der Waals surface area contributed by atoms with Gasteiger partial charge in [-0.25, -0.2) is 4.57 Å². The summed E-state index contributed by atoms with van der Waals surface area (Å²) in [5.41, 5.74) is 0. The van der Waals surface area contributed by atoms with Crippen molar-refractivity contribution < 1.29 is 47.8 Å². The van der Waals surface area contributed by atoms with Gasteiger partial charge in [0.05, 0.1) is 19.8 Å². The van der Waals surface area contributed by atoms with Crippen molar-refractivity contribution in [3.05, 3.63) is 60.8 Å². The van der Waals surface area contributed by atoms with Crippen LogP contribution in [0.3, 0.4) is 0 Å². The summed E-state index contributed by atoms with van der Waals surface area (Å²) in [5.74, 6) is -1.01. The lowest BCUT2D eigenvalue weighted by atomic mass is 10.0. The third-order valence-electron chi connectivity index (χ3n) is 10.2. The van der Waals surface area contributed by atoms with E-state index in [9.17, 15) is 24.2 Å². The topological polar surface area (TPSA) is 149 Å². The minimum absolute atomic E-state index is 0.125. The van der Waals surface area contributed by atoms with Crippen LogP contribution in [0.4, 0.5) is 0 Å². The van der Waals surface area contributed by atoms with E-state index in [-0.39, 0.29) is 19.4 Å². The number of carbonyl (C=O) groups excluding carboxylic acids is 2. The van der Waals surface area contributed by atoms with Gasteiger partial charge in [0.1, 0.15) is 12.7 Å². The molecule has 0 amide bonds. The summed E-state index contributed by atoms with van der Waals surface area (Å²) < 4.78 is 32.7. The molecule has 0 aromatic carbocycles. The number of ether oxygens (including phenoxy) is 2. The second-order valence-corrected chi connectivity index (χ2v) is 17.6. The molecule has 10 nitrogen and oxygen atoms in total. The molecule has 61 heavy (non-hydrogen) atoms. The minimum Gasteiger partial charge on any atom is -0.462 e. The van der Waals surface area contributed by atoms with Crippen molar-refractivity contribution in [2.24, 2.45) is 0 Å². The molecule has 0 saturated heterocycles. The second kappa shape index (κ2) is 45.7. The summed E-state index contributed by atoms with van der Waals surface area (Å²) in [5, 5.41) is 18.4. The van der Waals surface area contributed by atoms with Crippen LogP contribution in [0.25, 0.3) is 0 Å². The molecular weight excluding hydrogens is 792 g/mol. The van der Waals surface area contributed by atoms with Gasteiger partial charge in [-0.1, -0.05) is 184 Å². The number of allylic oxidation sites excluding steroid dienone is 10. The van der Waals surface area contributed by atoms with Gasteiger partial charge in [0.15, 0.2) is 6.10 Å². The van der Waals surface area contributed by atoms with E-state index in [0.29, 0.717) is 12.8 Å². The number of unbranched alkanes of at least 4 members (excludes halogenated alkanes) is 21. The molecule has 0 fully saturated rings. The molecule has 0 radical (unpaired) electrons. The molecule has 0 aromatic rings. The van der Waals surface area contributed by atoms with Crippen molar-refractivity contribution >= 4 is 19.8 Å². The average molecular weight is 881 g/mol. The van der Waals surface area contributed by atoms with E-state index in [0.717, 1.165) is 51.4 Å². The van der Waals surface area contributed by atoms with Crippen LogP contribution in [0.15, 0.2) is 60.8 Å². The van der Waals surface area contributed by atoms with E-state index >= 15 is 0 Å². The van der Waals surface area contributed by atoms with Crippen molar-refractivity contribution in [3.63, 3.8) is 0 Å². The fourth-order valence-electron chi connectivity index (χ4n) is 6.46. The van der Waals surface area contributed by atoms with Crippen molar-refractivity contribution in [3.8, 4) is 0 Å². The van der Waals surface area contributed by atoms with Crippen LogP contribution in [-0.2, 0) is 32.7 Å². The van der Waals surface area contributed by atoms with E-state index in [1.54, 1.807) is 0 Å². The molecule has 0 aliphatic heterocycles. The Bertz CT molecular complexity index is 1200. The van der Waals surface area contributed by atoms with Gasteiger partial charge in [0.2, 0.25) is 0 Å². The van der Waals surface area contributed by atoms with Crippen molar-refractivity contribution in [2.45, 2.75) is 219 Å². The average Bonchev–Trinajstić information content (AvgIpc) is 3.25. The largest absolute Gasteiger partial charge is 0.472 e. The Balaban J connectivity index is 4.24. The molecule has 0 aromatic heterocycles. The molecule has 3 atom stereocenters. The normalized spacial score (nSPS) is 14.2. The van der Waals surface area contributed by atoms with Crippen LogP contribution >= 0.6 is 7.82 Å². The third kappa shape index (κ3) is 45.5. The first kappa shape index (κ1) is 58.7. The van der Waals surface area contributed by atoms with Gasteiger partial charge in [0.25, 0.3) is 0 Å². The number of aliphatic hydroxyl groups is 2. The highest BCUT2D eigenvalue weighted by molar-refractivity contribution is 7.47. The number of phosphoric ester groups is 1. The number of aliphatic hydroxyl groups excluding tert-OH is 2. The fourth-order valence-corrected chi connectivity index (χ4v) is 7.25. The summed E-state index contributed by atoms with van der Waals surface area (Å²) in [6.07, 6.45) is 52.2. The van der Waals surface area contributed by atoms with Gasteiger partial charge in [-0.2, -0.15) is 0 Å². The molecule has 0 saturated carbocycles. The lowest BCUT2D eigenvalue weighted by Crippen LogP contribution is -2.29. The van der Waals surface area contributed by atoms with Gasteiger partial charge in [-0.05, 0) is 70.6 Å². The van der Waals surface area contributed by atoms with Crippen molar-refractivity contribution in [2.75, 3.05) is 26.4 Å². The Morgan fingerprint density at radius 3 is 1.43 bits per heavy atom. The first-order chi connectivity index (χ1) is 29.7. The maximum Gasteiger partial charge on any atom is 0.472 e. The van der Waals surface area contributed by atoms with E-state index in [4.69, 9.17) is 19.1 Å². The van der Waals surface area contributed by atoms with Gasteiger partial charge >= 0.3 is 19.8 Å². The lowest BCUT2D eigenvalue weighted by molar-refractivity contribution is -0.161.